The lowest BCUT2D eigenvalue weighted by Gasteiger charge is -2.37. The molecule has 21 heavy (non-hydrogen) atoms. The largest absolute Gasteiger partial charge is 0.243 e. The maximum Gasteiger partial charge on any atom is 0.243 e. The molecule has 2 N–H and O–H groups in total. The molecule has 2 rings (SSSR count). The Bertz CT molecular complexity index is 701. The van der Waals surface area contributed by atoms with Crippen molar-refractivity contribution in [2.75, 3.05) is 0 Å². The number of sulfonamides is 2. The fourth-order valence-corrected chi connectivity index (χ4v) is 5.19. The summed E-state index contributed by atoms with van der Waals surface area (Å²) in [6, 6.07) is 4.92. The van der Waals surface area contributed by atoms with Crippen LogP contribution in [0.3, 0.4) is 0 Å². The van der Waals surface area contributed by atoms with Crippen molar-refractivity contribution >= 4 is 20.0 Å². The summed E-state index contributed by atoms with van der Waals surface area (Å²) in [7, 11) is -7.44. The van der Waals surface area contributed by atoms with E-state index in [0.717, 1.165) is 19.3 Å². The first kappa shape index (κ1) is 16.4. The van der Waals surface area contributed by atoms with Gasteiger partial charge in [-0.05, 0) is 51.0 Å². The monoisotopic (exact) mass is 332 g/mol. The van der Waals surface area contributed by atoms with Gasteiger partial charge in [-0.25, -0.2) is 22.0 Å². The van der Waals surface area contributed by atoms with Gasteiger partial charge in [0.15, 0.2) is 0 Å². The Labute approximate surface area is 126 Å². The minimum Gasteiger partial charge on any atom is -0.225 e. The van der Waals surface area contributed by atoms with Crippen LogP contribution >= 0.6 is 0 Å². The second kappa shape index (κ2) is 5.68. The molecule has 0 unspecified atom stereocenters. The fourth-order valence-electron chi connectivity index (χ4n) is 2.79. The summed E-state index contributed by atoms with van der Waals surface area (Å²) in [5.41, 5.74) is 0. The number of hydrogen-bond donors (Lipinski definition) is 1. The maximum absolute atomic E-state index is 12.7. The van der Waals surface area contributed by atoms with Gasteiger partial charge in [-0.2, -0.15) is 4.31 Å². The molecule has 1 saturated heterocycles. The Morgan fingerprint density at radius 1 is 0.952 bits per heavy atom. The standard InChI is InChI=1S/C13H20N2O4S2/c1-10-4-3-5-11(2)15(10)21(18,19)13-8-6-12(7-9-13)20(14,16)17/h6-11H,3-5H2,1-2H3,(H2,14,16,17)/t10-,11-/m1/s1. The molecule has 0 amide bonds. The van der Waals surface area contributed by atoms with Crippen molar-refractivity contribution in [3.05, 3.63) is 24.3 Å². The van der Waals surface area contributed by atoms with Gasteiger partial charge < -0.3 is 0 Å². The van der Waals surface area contributed by atoms with Crippen LogP contribution in [-0.2, 0) is 20.0 Å². The Balaban J connectivity index is 2.40. The molecular weight excluding hydrogens is 312 g/mol. The summed E-state index contributed by atoms with van der Waals surface area (Å²) in [6.07, 6.45) is 2.68. The lowest BCUT2D eigenvalue weighted by atomic mass is 10.0. The van der Waals surface area contributed by atoms with Crippen LogP contribution in [-0.4, -0.2) is 33.2 Å². The van der Waals surface area contributed by atoms with E-state index in [1.165, 1.54) is 28.6 Å². The van der Waals surface area contributed by atoms with E-state index in [2.05, 4.69) is 0 Å². The Hall–Kier alpha value is -0.960. The zero-order chi connectivity index (χ0) is 15.8. The average Bonchev–Trinajstić information content (AvgIpc) is 2.37. The van der Waals surface area contributed by atoms with Gasteiger partial charge in [-0.3, -0.25) is 0 Å². The van der Waals surface area contributed by atoms with Gasteiger partial charge in [0, 0.05) is 12.1 Å². The van der Waals surface area contributed by atoms with E-state index in [9.17, 15) is 16.8 Å². The number of piperidine rings is 1. The smallest absolute Gasteiger partial charge is 0.225 e. The molecule has 0 spiro atoms. The van der Waals surface area contributed by atoms with Crippen molar-refractivity contribution in [1.82, 2.24) is 4.31 Å². The molecule has 0 aromatic heterocycles. The lowest BCUT2D eigenvalue weighted by Crippen LogP contribution is -2.47. The number of primary sulfonamides is 1. The highest BCUT2D eigenvalue weighted by molar-refractivity contribution is 7.89. The van der Waals surface area contributed by atoms with Gasteiger partial charge in [0.25, 0.3) is 0 Å². The summed E-state index contributed by atoms with van der Waals surface area (Å²) in [4.78, 5) is -0.00306. The minimum absolute atomic E-state index is 0.0586. The molecule has 1 aromatic rings. The summed E-state index contributed by atoms with van der Waals surface area (Å²) in [6.45, 7) is 3.79. The van der Waals surface area contributed by atoms with Crippen LogP contribution in [0.15, 0.2) is 34.1 Å². The highest BCUT2D eigenvalue weighted by Gasteiger charge is 2.35. The first-order valence-electron chi connectivity index (χ1n) is 6.80. The molecule has 6 nitrogen and oxygen atoms in total. The fraction of sp³-hybridized carbons (Fsp3) is 0.538. The van der Waals surface area contributed by atoms with Crippen molar-refractivity contribution in [2.45, 2.75) is 55.0 Å². The van der Waals surface area contributed by atoms with E-state index in [-0.39, 0.29) is 21.9 Å². The SMILES string of the molecule is C[C@@H]1CCC[C@@H](C)N1S(=O)(=O)c1ccc(S(N)(=O)=O)cc1. The normalized spacial score (nSPS) is 24.9. The number of rotatable bonds is 3. The predicted molar refractivity (Wildman–Crippen MR) is 79.6 cm³/mol. The molecule has 1 fully saturated rings. The molecule has 118 valence electrons. The van der Waals surface area contributed by atoms with Crippen LogP contribution < -0.4 is 5.14 Å². The third-order valence-corrected chi connectivity index (χ3v) is 6.91. The number of nitrogens with zero attached hydrogens (tertiary/aromatic N) is 1. The topological polar surface area (TPSA) is 97.5 Å². The molecular formula is C13H20N2O4S2. The van der Waals surface area contributed by atoms with Gasteiger partial charge in [0.1, 0.15) is 0 Å². The first-order chi connectivity index (χ1) is 9.64. The van der Waals surface area contributed by atoms with Gasteiger partial charge in [-0.15, -0.1) is 0 Å². The van der Waals surface area contributed by atoms with Gasteiger partial charge in [0.2, 0.25) is 20.0 Å². The third kappa shape index (κ3) is 3.28. The highest BCUT2D eigenvalue weighted by Crippen LogP contribution is 2.29. The van der Waals surface area contributed by atoms with Crippen molar-refractivity contribution in [1.29, 1.82) is 0 Å². The van der Waals surface area contributed by atoms with Crippen molar-refractivity contribution < 1.29 is 16.8 Å². The molecule has 8 heteroatoms. The Morgan fingerprint density at radius 3 is 1.81 bits per heavy atom. The van der Waals surface area contributed by atoms with Crippen molar-refractivity contribution in [2.24, 2.45) is 5.14 Å². The molecule has 1 aliphatic rings. The second-order valence-electron chi connectivity index (χ2n) is 5.48. The van der Waals surface area contributed by atoms with Crippen LogP contribution in [0.1, 0.15) is 33.1 Å². The lowest BCUT2D eigenvalue weighted by molar-refractivity contribution is 0.204. The van der Waals surface area contributed by atoms with Gasteiger partial charge >= 0.3 is 0 Å². The Kier molecular flexibility index (Phi) is 4.44. The molecule has 0 bridgehead atoms. The molecule has 0 saturated carbocycles. The summed E-state index contributed by atoms with van der Waals surface area (Å²) < 4.78 is 49.4. The molecule has 2 atom stereocenters. The van der Waals surface area contributed by atoms with Crippen molar-refractivity contribution in [3.8, 4) is 0 Å². The Morgan fingerprint density at radius 2 is 1.38 bits per heavy atom. The summed E-state index contributed by atoms with van der Waals surface area (Å²) in [5, 5.41) is 5.02. The van der Waals surface area contributed by atoms with E-state index in [1.807, 2.05) is 13.8 Å². The minimum atomic E-state index is -3.82. The van der Waals surface area contributed by atoms with Gasteiger partial charge in [-0.1, -0.05) is 6.42 Å². The van der Waals surface area contributed by atoms with Crippen molar-refractivity contribution in [3.63, 3.8) is 0 Å². The quantitative estimate of drug-likeness (QED) is 0.901. The number of hydrogen-bond acceptors (Lipinski definition) is 4. The van der Waals surface area contributed by atoms with E-state index in [4.69, 9.17) is 5.14 Å². The van der Waals surface area contributed by atoms with E-state index >= 15 is 0 Å². The zero-order valence-electron chi connectivity index (χ0n) is 12.1. The van der Waals surface area contributed by atoms with Crippen LogP contribution in [0.5, 0.6) is 0 Å². The molecule has 0 radical (unpaired) electrons. The molecule has 1 aliphatic heterocycles. The van der Waals surface area contributed by atoms with Crippen LogP contribution in [0.4, 0.5) is 0 Å². The first-order valence-corrected chi connectivity index (χ1v) is 9.79. The van der Waals surface area contributed by atoms with Crippen LogP contribution in [0.25, 0.3) is 0 Å². The van der Waals surface area contributed by atoms with Gasteiger partial charge in [0.05, 0.1) is 9.79 Å². The van der Waals surface area contributed by atoms with Crippen LogP contribution in [0.2, 0.25) is 0 Å². The average molecular weight is 332 g/mol. The van der Waals surface area contributed by atoms with E-state index in [1.54, 1.807) is 0 Å². The highest BCUT2D eigenvalue weighted by atomic mass is 32.2. The maximum atomic E-state index is 12.7. The number of nitrogens with two attached hydrogens (primary N) is 1. The predicted octanol–water partition coefficient (Wildman–Crippen LogP) is 1.29. The second-order valence-corrected chi connectivity index (χ2v) is 8.88. The summed E-state index contributed by atoms with van der Waals surface area (Å²) >= 11 is 0. The van der Waals surface area contributed by atoms with E-state index < -0.39 is 20.0 Å². The molecule has 0 aliphatic carbocycles. The molecule has 1 aromatic carbocycles. The van der Waals surface area contributed by atoms with Crippen LogP contribution in [0, 0.1) is 0 Å². The zero-order valence-corrected chi connectivity index (χ0v) is 13.7. The summed E-state index contributed by atoms with van der Waals surface area (Å²) in [5.74, 6) is 0. The molecule has 1 heterocycles. The third-order valence-electron chi connectivity index (χ3n) is 3.84. The van der Waals surface area contributed by atoms with E-state index in [0.29, 0.717) is 0 Å². The number of benzene rings is 1.